The number of hydrogen-bond donors (Lipinski definition) is 1. The predicted molar refractivity (Wildman–Crippen MR) is 81.7 cm³/mol. The van der Waals surface area contributed by atoms with E-state index >= 15 is 0 Å². The fourth-order valence-electron chi connectivity index (χ4n) is 2.14. The van der Waals surface area contributed by atoms with Crippen molar-refractivity contribution in [2.75, 3.05) is 52.8 Å². The molecule has 0 aromatic rings. The van der Waals surface area contributed by atoms with Gasteiger partial charge in [0.2, 0.25) is 0 Å². The highest BCUT2D eigenvalue weighted by molar-refractivity contribution is 7.80. The zero-order valence-electron chi connectivity index (χ0n) is 12.6. The van der Waals surface area contributed by atoms with Crippen molar-refractivity contribution in [1.29, 1.82) is 0 Å². The van der Waals surface area contributed by atoms with E-state index in [-0.39, 0.29) is 0 Å². The molecule has 0 aliphatic heterocycles. The van der Waals surface area contributed by atoms with Crippen molar-refractivity contribution in [3.8, 4) is 0 Å². The zero-order chi connectivity index (χ0) is 13.9. The van der Waals surface area contributed by atoms with Gasteiger partial charge in [-0.3, -0.25) is 0 Å². The molecule has 0 N–H and O–H groups in total. The van der Waals surface area contributed by atoms with Crippen molar-refractivity contribution in [2.45, 2.75) is 33.1 Å². The summed E-state index contributed by atoms with van der Waals surface area (Å²) in [5, 5.41) is 0. The van der Waals surface area contributed by atoms with Crippen molar-refractivity contribution in [1.82, 2.24) is 4.90 Å². The molecule has 0 unspecified atom stereocenters. The third-order valence-electron chi connectivity index (χ3n) is 3.83. The third kappa shape index (κ3) is 6.98. The van der Waals surface area contributed by atoms with Crippen LogP contribution in [0, 0.1) is 5.41 Å². The molecular formula is C14H31NO2S. The summed E-state index contributed by atoms with van der Waals surface area (Å²) in [6.07, 6.45) is 3.44. The van der Waals surface area contributed by atoms with Gasteiger partial charge in [0.1, 0.15) is 0 Å². The van der Waals surface area contributed by atoms with Crippen LogP contribution in [-0.4, -0.2) is 57.7 Å². The van der Waals surface area contributed by atoms with Gasteiger partial charge in [-0.1, -0.05) is 13.8 Å². The monoisotopic (exact) mass is 277 g/mol. The molecular weight excluding hydrogens is 246 g/mol. The Morgan fingerprint density at radius 1 is 1.00 bits per heavy atom. The Labute approximate surface area is 119 Å². The first-order valence-corrected chi connectivity index (χ1v) is 7.62. The largest absolute Gasteiger partial charge is 0.385 e. The molecule has 0 aliphatic carbocycles. The first kappa shape index (κ1) is 18.2. The number of rotatable bonds is 12. The first-order valence-electron chi connectivity index (χ1n) is 6.99. The summed E-state index contributed by atoms with van der Waals surface area (Å²) in [5.74, 6) is 0.952. The van der Waals surface area contributed by atoms with Gasteiger partial charge in [-0.15, -0.1) is 0 Å². The predicted octanol–water partition coefficient (Wildman–Crippen LogP) is 2.71. The maximum atomic E-state index is 5.20. The molecule has 0 aliphatic rings. The van der Waals surface area contributed by atoms with Crippen molar-refractivity contribution in [3.63, 3.8) is 0 Å². The SMILES string of the molecule is CCC(CC)(CS)CN(CCCOC)CCOC. The summed E-state index contributed by atoms with van der Waals surface area (Å²) >= 11 is 4.55. The molecule has 4 heteroatoms. The van der Waals surface area contributed by atoms with E-state index in [2.05, 4.69) is 31.4 Å². The van der Waals surface area contributed by atoms with Crippen LogP contribution in [0.5, 0.6) is 0 Å². The Kier molecular flexibility index (Phi) is 11.2. The first-order chi connectivity index (χ1) is 8.67. The van der Waals surface area contributed by atoms with Gasteiger partial charge in [-0.25, -0.2) is 0 Å². The zero-order valence-corrected chi connectivity index (χ0v) is 13.5. The third-order valence-corrected chi connectivity index (χ3v) is 4.50. The Morgan fingerprint density at radius 3 is 2.06 bits per heavy atom. The van der Waals surface area contributed by atoms with Crippen LogP contribution in [0.1, 0.15) is 33.1 Å². The minimum atomic E-state index is 0.337. The molecule has 0 aromatic carbocycles. The van der Waals surface area contributed by atoms with Crippen LogP contribution >= 0.6 is 12.6 Å². The number of thiol groups is 1. The summed E-state index contributed by atoms with van der Waals surface area (Å²) < 4.78 is 10.3. The average Bonchev–Trinajstić information content (AvgIpc) is 2.42. The standard InChI is InChI=1S/C14H31NO2S/c1-5-14(6-2,13-18)12-15(9-11-17-4)8-7-10-16-3/h18H,5-13H2,1-4H3. The molecule has 0 saturated heterocycles. The fourth-order valence-corrected chi connectivity index (χ4v) is 2.69. The second kappa shape index (κ2) is 11.1. The minimum Gasteiger partial charge on any atom is -0.385 e. The molecule has 0 saturated carbocycles. The second-order valence-corrected chi connectivity index (χ2v) is 5.30. The lowest BCUT2D eigenvalue weighted by molar-refractivity contribution is 0.0987. The van der Waals surface area contributed by atoms with Crippen molar-refractivity contribution in [2.24, 2.45) is 5.41 Å². The molecule has 0 radical (unpaired) electrons. The summed E-state index contributed by atoms with van der Waals surface area (Å²) in [4.78, 5) is 2.49. The van der Waals surface area contributed by atoms with Crippen LogP contribution in [0.2, 0.25) is 0 Å². The summed E-state index contributed by atoms with van der Waals surface area (Å²) in [6.45, 7) is 9.34. The fraction of sp³-hybridized carbons (Fsp3) is 1.00. The maximum absolute atomic E-state index is 5.20. The molecule has 3 nitrogen and oxygen atoms in total. The van der Waals surface area contributed by atoms with Gasteiger partial charge in [0.25, 0.3) is 0 Å². The van der Waals surface area contributed by atoms with Gasteiger partial charge < -0.3 is 14.4 Å². The van der Waals surface area contributed by atoms with E-state index in [0.29, 0.717) is 5.41 Å². The lowest BCUT2D eigenvalue weighted by atomic mass is 9.84. The molecule has 0 fully saturated rings. The van der Waals surface area contributed by atoms with E-state index in [1.165, 1.54) is 12.8 Å². The van der Waals surface area contributed by atoms with Gasteiger partial charge in [0.15, 0.2) is 0 Å². The van der Waals surface area contributed by atoms with E-state index < -0.39 is 0 Å². The van der Waals surface area contributed by atoms with Crippen molar-refractivity contribution in [3.05, 3.63) is 0 Å². The minimum absolute atomic E-state index is 0.337. The molecule has 0 heterocycles. The van der Waals surface area contributed by atoms with Crippen LogP contribution in [-0.2, 0) is 9.47 Å². The van der Waals surface area contributed by atoms with E-state index in [1.54, 1.807) is 14.2 Å². The van der Waals surface area contributed by atoms with Crippen LogP contribution in [0.25, 0.3) is 0 Å². The summed E-state index contributed by atoms with van der Waals surface area (Å²) in [5.41, 5.74) is 0.337. The Morgan fingerprint density at radius 2 is 1.61 bits per heavy atom. The molecule has 0 aromatic heterocycles. The molecule has 18 heavy (non-hydrogen) atoms. The van der Waals surface area contributed by atoms with Gasteiger partial charge in [0.05, 0.1) is 6.61 Å². The molecule has 0 atom stereocenters. The van der Waals surface area contributed by atoms with E-state index in [9.17, 15) is 0 Å². The topological polar surface area (TPSA) is 21.7 Å². The highest BCUT2D eigenvalue weighted by Gasteiger charge is 2.27. The smallest absolute Gasteiger partial charge is 0.0589 e. The van der Waals surface area contributed by atoms with Crippen LogP contribution in [0.3, 0.4) is 0 Å². The van der Waals surface area contributed by atoms with Gasteiger partial charge in [-0.2, -0.15) is 12.6 Å². The molecule has 0 spiro atoms. The van der Waals surface area contributed by atoms with Gasteiger partial charge >= 0.3 is 0 Å². The molecule has 110 valence electrons. The van der Waals surface area contributed by atoms with Crippen LogP contribution in [0.15, 0.2) is 0 Å². The number of ether oxygens (including phenoxy) is 2. The Hall–Kier alpha value is 0.230. The van der Waals surface area contributed by atoms with Gasteiger partial charge in [0, 0.05) is 40.5 Å². The summed E-state index contributed by atoms with van der Waals surface area (Å²) in [6, 6.07) is 0. The summed E-state index contributed by atoms with van der Waals surface area (Å²) in [7, 11) is 3.52. The van der Waals surface area contributed by atoms with Crippen molar-refractivity contribution >= 4 is 12.6 Å². The highest BCUT2D eigenvalue weighted by atomic mass is 32.1. The average molecular weight is 277 g/mol. The Balaban J connectivity index is 4.33. The van der Waals surface area contributed by atoms with Crippen LogP contribution in [0.4, 0.5) is 0 Å². The normalized spacial score (nSPS) is 12.3. The van der Waals surface area contributed by atoms with E-state index in [4.69, 9.17) is 9.47 Å². The lowest BCUT2D eigenvalue weighted by Gasteiger charge is -2.36. The van der Waals surface area contributed by atoms with E-state index in [0.717, 1.165) is 45.0 Å². The number of nitrogens with zero attached hydrogens (tertiary/aromatic N) is 1. The van der Waals surface area contributed by atoms with Crippen LogP contribution < -0.4 is 0 Å². The molecule has 0 bridgehead atoms. The number of methoxy groups -OCH3 is 2. The molecule has 0 amide bonds. The quantitative estimate of drug-likeness (QED) is 0.438. The molecule has 0 rings (SSSR count). The van der Waals surface area contributed by atoms with Crippen molar-refractivity contribution < 1.29 is 9.47 Å². The Bertz CT molecular complexity index is 178. The number of hydrogen-bond acceptors (Lipinski definition) is 4. The highest BCUT2D eigenvalue weighted by Crippen LogP contribution is 2.29. The second-order valence-electron chi connectivity index (χ2n) is 4.98. The maximum Gasteiger partial charge on any atom is 0.0589 e. The van der Waals surface area contributed by atoms with Gasteiger partial charge in [-0.05, 0) is 30.4 Å². The van der Waals surface area contributed by atoms with E-state index in [1.807, 2.05) is 0 Å². The lowest BCUT2D eigenvalue weighted by Crippen LogP contribution is -2.40.